The molecule has 3 nitrogen and oxygen atoms in total. The van der Waals surface area contributed by atoms with Gasteiger partial charge in [0.2, 0.25) is 0 Å². The van der Waals surface area contributed by atoms with E-state index in [0.717, 1.165) is 12.8 Å². The summed E-state index contributed by atoms with van der Waals surface area (Å²) in [6.45, 7) is 8.61. The van der Waals surface area contributed by atoms with Crippen LogP contribution >= 0.6 is 11.3 Å². The average Bonchev–Trinajstić information content (AvgIpc) is 2.63. The molecular weight excluding hydrogens is 232 g/mol. The summed E-state index contributed by atoms with van der Waals surface area (Å²) < 4.78 is 5.75. The van der Waals surface area contributed by atoms with E-state index in [1.54, 1.807) is 11.3 Å². The maximum atomic E-state index is 5.75. The maximum Gasteiger partial charge on any atom is 0.109 e. The van der Waals surface area contributed by atoms with E-state index in [1.807, 2.05) is 6.20 Å². The van der Waals surface area contributed by atoms with Crippen molar-refractivity contribution in [3.05, 3.63) is 16.1 Å². The van der Waals surface area contributed by atoms with Gasteiger partial charge in [-0.3, -0.25) is 0 Å². The standard InChI is InChI=1S/C13H22N2OS/c1-8-5-12(6-9(2)16-8)15-11(4)13-14-7-10(3)17-13/h7-9,11-12,15H,5-6H2,1-4H3. The Bertz CT molecular complexity index is 356. The predicted molar refractivity (Wildman–Crippen MR) is 71.4 cm³/mol. The zero-order valence-electron chi connectivity index (χ0n) is 11.1. The van der Waals surface area contributed by atoms with Gasteiger partial charge in [-0.2, -0.15) is 0 Å². The third kappa shape index (κ3) is 3.50. The Balaban J connectivity index is 1.92. The van der Waals surface area contributed by atoms with E-state index in [2.05, 4.69) is 38.0 Å². The van der Waals surface area contributed by atoms with Crippen molar-refractivity contribution >= 4 is 11.3 Å². The molecule has 1 fully saturated rings. The van der Waals surface area contributed by atoms with E-state index in [1.165, 1.54) is 9.88 Å². The van der Waals surface area contributed by atoms with Crippen molar-refractivity contribution in [3.63, 3.8) is 0 Å². The fourth-order valence-corrected chi connectivity index (χ4v) is 3.32. The van der Waals surface area contributed by atoms with Gasteiger partial charge in [-0.25, -0.2) is 4.98 Å². The minimum atomic E-state index is 0.344. The number of aromatic nitrogens is 1. The Morgan fingerprint density at radius 2 is 2.06 bits per heavy atom. The summed E-state index contributed by atoms with van der Waals surface area (Å²) in [5.41, 5.74) is 0. The van der Waals surface area contributed by atoms with Crippen LogP contribution in [0.1, 0.15) is 49.5 Å². The van der Waals surface area contributed by atoms with Gasteiger partial charge in [-0.05, 0) is 40.5 Å². The molecule has 1 aromatic heterocycles. The van der Waals surface area contributed by atoms with Crippen molar-refractivity contribution in [1.29, 1.82) is 0 Å². The third-order valence-electron chi connectivity index (χ3n) is 3.19. The largest absolute Gasteiger partial charge is 0.375 e. The average molecular weight is 254 g/mol. The van der Waals surface area contributed by atoms with Crippen molar-refractivity contribution in [1.82, 2.24) is 10.3 Å². The molecule has 2 rings (SSSR count). The Morgan fingerprint density at radius 3 is 2.59 bits per heavy atom. The van der Waals surface area contributed by atoms with Crippen LogP contribution in [0, 0.1) is 6.92 Å². The molecule has 4 heteroatoms. The van der Waals surface area contributed by atoms with Crippen LogP contribution < -0.4 is 5.32 Å². The number of rotatable bonds is 3. The molecule has 1 saturated heterocycles. The van der Waals surface area contributed by atoms with Crippen LogP contribution in [-0.4, -0.2) is 23.2 Å². The summed E-state index contributed by atoms with van der Waals surface area (Å²) in [5, 5.41) is 4.87. The lowest BCUT2D eigenvalue weighted by atomic mass is 9.99. The van der Waals surface area contributed by atoms with Gasteiger partial charge in [-0.1, -0.05) is 0 Å². The SMILES string of the molecule is Cc1cnc(C(C)NC2CC(C)OC(C)C2)s1. The monoisotopic (exact) mass is 254 g/mol. The number of nitrogens with zero attached hydrogens (tertiary/aromatic N) is 1. The van der Waals surface area contributed by atoms with Gasteiger partial charge >= 0.3 is 0 Å². The second-order valence-electron chi connectivity index (χ2n) is 5.12. The van der Waals surface area contributed by atoms with Crippen LogP contribution in [0.25, 0.3) is 0 Å². The van der Waals surface area contributed by atoms with Crippen LogP contribution in [0.5, 0.6) is 0 Å². The smallest absolute Gasteiger partial charge is 0.109 e. The molecule has 3 atom stereocenters. The number of thiazole rings is 1. The molecule has 0 radical (unpaired) electrons. The lowest BCUT2D eigenvalue weighted by Gasteiger charge is -2.34. The van der Waals surface area contributed by atoms with E-state index < -0.39 is 0 Å². The lowest BCUT2D eigenvalue weighted by Crippen LogP contribution is -2.42. The van der Waals surface area contributed by atoms with Gasteiger partial charge in [0.05, 0.1) is 18.2 Å². The van der Waals surface area contributed by atoms with E-state index >= 15 is 0 Å². The predicted octanol–water partition coefficient (Wildman–Crippen LogP) is 3.06. The minimum absolute atomic E-state index is 0.344. The number of ether oxygens (including phenoxy) is 1. The zero-order valence-corrected chi connectivity index (χ0v) is 11.9. The highest BCUT2D eigenvalue weighted by atomic mass is 32.1. The van der Waals surface area contributed by atoms with E-state index in [9.17, 15) is 0 Å². The van der Waals surface area contributed by atoms with Crippen LogP contribution in [0.15, 0.2) is 6.20 Å². The van der Waals surface area contributed by atoms with E-state index in [-0.39, 0.29) is 0 Å². The molecule has 0 saturated carbocycles. The normalized spacial score (nSPS) is 31.4. The van der Waals surface area contributed by atoms with Crippen molar-refractivity contribution in [3.8, 4) is 0 Å². The first-order chi connectivity index (χ1) is 8.04. The summed E-state index contributed by atoms with van der Waals surface area (Å²) in [6.07, 6.45) is 4.87. The van der Waals surface area contributed by atoms with Gasteiger partial charge < -0.3 is 10.1 Å². The summed E-state index contributed by atoms with van der Waals surface area (Å²) in [5.74, 6) is 0. The highest BCUT2D eigenvalue weighted by Crippen LogP contribution is 2.24. The molecule has 3 unspecified atom stereocenters. The summed E-state index contributed by atoms with van der Waals surface area (Å²) in [4.78, 5) is 5.72. The fourth-order valence-electron chi connectivity index (χ4n) is 2.54. The van der Waals surface area contributed by atoms with Crippen molar-refractivity contribution in [2.45, 2.75) is 64.8 Å². The van der Waals surface area contributed by atoms with Crippen molar-refractivity contribution in [2.24, 2.45) is 0 Å². The van der Waals surface area contributed by atoms with E-state index in [0.29, 0.717) is 24.3 Å². The second-order valence-corrected chi connectivity index (χ2v) is 6.39. The molecule has 1 aliphatic heterocycles. The Morgan fingerprint density at radius 1 is 1.41 bits per heavy atom. The number of nitrogens with one attached hydrogen (secondary N) is 1. The summed E-state index contributed by atoms with van der Waals surface area (Å²) >= 11 is 1.78. The van der Waals surface area contributed by atoms with Crippen LogP contribution in [0.3, 0.4) is 0 Å². The zero-order chi connectivity index (χ0) is 12.4. The first kappa shape index (κ1) is 13.0. The third-order valence-corrected chi connectivity index (χ3v) is 4.29. The molecule has 96 valence electrons. The van der Waals surface area contributed by atoms with Crippen LogP contribution in [0.4, 0.5) is 0 Å². The Labute approximate surface area is 108 Å². The van der Waals surface area contributed by atoms with E-state index in [4.69, 9.17) is 4.74 Å². The first-order valence-electron chi connectivity index (χ1n) is 6.38. The molecule has 1 aliphatic rings. The van der Waals surface area contributed by atoms with Gasteiger partial charge in [-0.15, -0.1) is 11.3 Å². The molecule has 2 heterocycles. The number of aryl methyl sites for hydroxylation is 1. The molecule has 0 aromatic carbocycles. The maximum absolute atomic E-state index is 5.75. The molecule has 1 N–H and O–H groups in total. The molecular formula is C13H22N2OS. The number of hydrogen-bond donors (Lipinski definition) is 1. The minimum Gasteiger partial charge on any atom is -0.375 e. The molecule has 1 aromatic rings. The van der Waals surface area contributed by atoms with Gasteiger partial charge in [0.15, 0.2) is 0 Å². The molecule has 0 amide bonds. The highest BCUT2D eigenvalue weighted by molar-refractivity contribution is 7.11. The molecule has 0 aliphatic carbocycles. The Hall–Kier alpha value is -0.450. The van der Waals surface area contributed by atoms with Gasteiger partial charge in [0, 0.05) is 17.1 Å². The van der Waals surface area contributed by atoms with Gasteiger partial charge in [0.25, 0.3) is 0 Å². The molecule has 0 spiro atoms. The second kappa shape index (κ2) is 5.46. The quantitative estimate of drug-likeness (QED) is 0.900. The lowest BCUT2D eigenvalue weighted by molar-refractivity contribution is -0.0433. The van der Waals surface area contributed by atoms with Gasteiger partial charge in [0.1, 0.15) is 5.01 Å². The highest BCUT2D eigenvalue weighted by Gasteiger charge is 2.25. The summed E-state index contributed by atoms with van der Waals surface area (Å²) in [6, 6.07) is 0.893. The fraction of sp³-hybridized carbons (Fsp3) is 0.769. The molecule has 0 bridgehead atoms. The van der Waals surface area contributed by atoms with Crippen molar-refractivity contribution < 1.29 is 4.74 Å². The van der Waals surface area contributed by atoms with Crippen LogP contribution in [-0.2, 0) is 4.74 Å². The number of hydrogen-bond acceptors (Lipinski definition) is 4. The Kier molecular flexibility index (Phi) is 4.17. The van der Waals surface area contributed by atoms with Crippen molar-refractivity contribution in [2.75, 3.05) is 0 Å². The molecule has 17 heavy (non-hydrogen) atoms. The topological polar surface area (TPSA) is 34.2 Å². The first-order valence-corrected chi connectivity index (χ1v) is 7.20. The van der Waals surface area contributed by atoms with Crippen LogP contribution in [0.2, 0.25) is 0 Å². The summed E-state index contributed by atoms with van der Waals surface area (Å²) in [7, 11) is 0.